The summed E-state index contributed by atoms with van der Waals surface area (Å²) in [5, 5.41) is 2.79. The van der Waals surface area contributed by atoms with Crippen molar-refractivity contribution in [1.29, 1.82) is 0 Å². The van der Waals surface area contributed by atoms with Crippen LogP contribution in [0.5, 0.6) is 0 Å². The molecule has 0 radical (unpaired) electrons. The number of fused-ring (bicyclic) bond motifs is 3. The largest absolute Gasteiger partial charge is 1.00 e. The van der Waals surface area contributed by atoms with Gasteiger partial charge in [-0.2, -0.15) is 0 Å². The van der Waals surface area contributed by atoms with Gasteiger partial charge < -0.3 is 24.0 Å². The first-order chi connectivity index (χ1) is 9.84. The van der Waals surface area contributed by atoms with Gasteiger partial charge in [0.15, 0.2) is 14.3 Å². The van der Waals surface area contributed by atoms with E-state index in [0.717, 1.165) is 0 Å². The van der Waals surface area contributed by atoms with Crippen LogP contribution in [0.3, 0.4) is 0 Å². The first kappa shape index (κ1) is 14.5. The van der Waals surface area contributed by atoms with Crippen molar-refractivity contribution in [3.63, 3.8) is 0 Å². The van der Waals surface area contributed by atoms with E-state index in [9.17, 15) is 0 Å². The number of hydrogen-bond acceptors (Lipinski definition) is 0. The van der Waals surface area contributed by atoms with Gasteiger partial charge in [0.2, 0.25) is 0 Å². The standard InChI is InChI=1S/C19H15S.HI/c1-14-10-12-15(13-11-14)20-18-8-4-2-6-16(18)17-7-3-5-9-19(17)20;/h2-13H,1H3;1H/q+1;/p-1. The van der Waals surface area contributed by atoms with Crippen molar-refractivity contribution in [3.8, 4) is 4.90 Å². The molecule has 0 bridgehead atoms. The summed E-state index contributed by atoms with van der Waals surface area (Å²) in [5.74, 6) is 0. The molecule has 0 aliphatic rings. The molecule has 0 saturated carbocycles. The van der Waals surface area contributed by atoms with Gasteiger partial charge >= 0.3 is 0 Å². The molecule has 0 aliphatic carbocycles. The van der Waals surface area contributed by atoms with Crippen molar-refractivity contribution in [2.75, 3.05) is 0 Å². The fraction of sp³-hybridized carbons (Fsp3) is 0.0526. The summed E-state index contributed by atoms with van der Waals surface area (Å²) in [7, 11) is 0.0512. The number of aryl methyl sites for hydroxylation is 1. The van der Waals surface area contributed by atoms with Crippen molar-refractivity contribution in [3.05, 3.63) is 78.4 Å². The topological polar surface area (TPSA) is 0 Å². The Labute approximate surface area is 144 Å². The SMILES string of the molecule is Cc1ccc(-[s+]2c3ccccc3c3ccccc32)cc1.[I-]. The lowest BCUT2D eigenvalue weighted by atomic mass is 10.2. The Hall–Kier alpha value is -1.39. The summed E-state index contributed by atoms with van der Waals surface area (Å²) in [6, 6.07) is 26.6. The van der Waals surface area contributed by atoms with Crippen LogP contribution in [0, 0.1) is 6.92 Å². The lowest BCUT2D eigenvalue weighted by Gasteiger charge is -1.94. The van der Waals surface area contributed by atoms with Gasteiger partial charge in [-0.15, -0.1) is 0 Å². The van der Waals surface area contributed by atoms with E-state index in [1.807, 2.05) is 0 Å². The monoisotopic (exact) mass is 402 g/mol. The van der Waals surface area contributed by atoms with Crippen LogP contribution in [0.1, 0.15) is 5.56 Å². The molecule has 0 saturated heterocycles. The Kier molecular flexibility index (Phi) is 4.00. The average Bonchev–Trinajstić information content (AvgIpc) is 2.83. The first-order valence-electron chi connectivity index (χ1n) is 6.84. The van der Waals surface area contributed by atoms with Gasteiger partial charge in [0.25, 0.3) is 0 Å². The highest BCUT2D eigenvalue weighted by molar-refractivity contribution is 7.50. The van der Waals surface area contributed by atoms with Crippen LogP contribution in [-0.2, 0) is 0 Å². The van der Waals surface area contributed by atoms with E-state index in [4.69, 9.17) is 0 Å². The summed E-state index contributed by atoms with van der Waals surface area (Å²) in [6.45, 7) is 2.14. The highest BCUT2D eigenvalue weighted by atomic mass is 127. The van der Waals surface area contributed by atoms with Crippen LogP contribution in [-0.4, -0.2) is 0 Å². The van der Waals surface area contributed by atoms with Gasteiger partial charge in [0.1, 0.15) is 0 Å². The summed E-state index contributed by atoms with van der Waals surface area (Å²) >= 11 is 0. The number of halogens is 1. The molecule has 0 unspecified atom stereocenters. The van der Waals surface area contributed by atoms with E-state index in [0.29, 0.717) is 0 Å². The van der Waals surface area contributed by atoms with Gasteiger partial charge in [-0.05, 0) is 43.3 Å². The Morgan fingerprint density at radius 2 is 1.10 bits per heavy atom. The fourth-order valence-corrected chi connectivity index (χ4v) is 5.16. The molecule has 0 N–H and O–H groups in total. The molecule has 0 aliphatic heterocycles. The second-order valence-electron chi connectivity index (χ2n) is 5.11. The molecule has 0 amide bonds. The zero-order chi connectivity index (χ0) is 13.5. The van der Waals surface area contributed by atoms with E-state index < -0.39 is 0 Å². The summed E-state index contributed by atoms with van der Waals surface area (Å²) in [5.41, 5.74) is 1.32. The highest BCUT2D eigenvalue weighted by Crippen LogP contribution is 2.47. The molecule has 0 atom stereocenters. The van der Waals surface area contributed by atoms with E-state index in [1.54, 1.807) is 0 Å². The van der Waals surface area contributed by atoms with Crippen LogP contribution in [0.4, 0.5) is 0 Å². The maximum atomic E-state index is 2.28. The molecule has 1 heterocycles. The van der Waals surface area contributed by atoms with E-state index in [2.05, 4.69) is 79.7 Å². The zero-order valence-electron chi connectivity index (χ0n) is 11.7. The van der Waals surface area contributed by atoms with Crippen molar-refractivity contribution < 1.29 is 24.0 Å². The third kappa shape index (κ3) is 2.36. The van der Waals surface area contributed by atoms with Gasteiger partial charge in [-0.25, -0.2) is 0 Å². The highest BCUT2D eigenvalue weighted by Gasteiger charge is 2.22. The van der Waals surface area contributed by atoms with Crippen LogP contribution >= 0.6 is 10.5 Å². The number of thiophene rings is 1. The molecule has 21 heavy (non-hydrogen) atoms. The smallest absolute Gasteiger partial charge is 0.187 e. The Balaban J connectivity index is 0.00000132. The molecule has 1 aromatic heterocycles. The third-order valence-corrected chi connectivity index (χ3v) is 6.10. The maximum Gasteiger partial charge on any atom is 0.187 e. The molecule has 3 aromatic carbocycles. The van der Waals surface area contributed by atoms with Crippen LogP contribution in [0.15, 0.2) is 72.8 Å². The number of benzene rings is 3. The molecule has 2 heteroatoms. The zero-order valence-corrected chi connectivity index (χ0v) is 14.7. The molecule has 0 nitrogen and oxygen atoms in total. The summed E-state index contributed by atoms with van der Waals surface area (Å²) in [6.07, 6.45) is 0. The molecular weight excluding hydrogens is 387 g/mol. The first-order valence-corrected chi connectivity index (χ1v) is 8.06. The van der Waals surface area contributed by atoms with Crippen LogP contribution < -0.4 is 24.0 Å². The average molecular weight is 402 g/mol. The lowest BCUT2D eigenvalue weighted by Crippen LogP contribution is -3.00. The molecule has 104 valence electrons. The Morgan fingerprint density at radius 3 is 1.62 bits per heavy atom. The second-order valence-corrected chi connectivity index (χ2v) is 7.07. The minimum atomic E-state index is 0. The van der Waals surface area contributed by atoms with E-state index >= 15 is 0 Å². The summed E-state index contributed by atoms with van der Waals surface area (Å²) in [4.78, 5) is 1.41. The van der Waals surface area contributed by atoms with E-state index in [1.165, 1.54) is 30.6 Å². The Bertz CT molecular complexity index is 851. The quantitative estimate of drug-likeness (QED) is 0.339. The predicted molar refractivity (Wildman–Crippen MR) is 90.0 cm³/mol. The number of rotatable bonds is 1. The van der Waals surface area contributed by atoms with Gasteiger partial charge in [-0.1, -0.05) is 42.0 Å². The number of hydrogen-bond donors (Lipinski definition) is 0. The van der Waals surface area contributed by atoms with Crippen molar-refractivity contribution in [2.24, 2.45) is 0 Å². The molecular formula is C19H15IS. The second kappa shape index (κ2) is 5.78. The normalized spacial score (nSPS) is 10.7. The van der Waals surface area contributed by atoms with Crippen molar-refractivity contribution in [1.82, 2.24) is 0 Å². The van der Waals surface area contributed by atoms with Crippen LogP contribution in [0.2, 0.25) is 0 Å². The molecule has 0 spiro atoms. The van der Waals surface area contributed by atoms with Gasteiger partial charge in [0, 0.05) is 21.2 Å². The lowest BCUT2D eigenvalue weighted by molar-refractivity contribution is -0.00000377. The van der Waals surface area contributed by atoms with Crippen molar-refractivity contribution >= 4 is 30.6 Å². The predicted octanol–water partition coefficient (Wildman–Crippen LogP) is 3.04. The fourth-order valence-electron chi connectivity index (χ4n) is 2.78. The molecule has 0 fully saturated rings. The Morgan fingerprint density at radius 1 is 0.619 bits per heavy atom. The van der Waals surface area contributed by atoms with Crippen LogP contribution in [0.25, 0.3) is 25.1 Å². The summed E-state index contributed by atoms with van der Waals surface area (Å²) < 4.78 is 2.91. The van der Waals surface area contributed by atoms with Gasteiger partial charge in [0.05, 0.1) is 0 Å². The van der Waals surface area contributed by atoms with Crippen molar-refractivity contribution in [2.45, 2.75) is 6.92 Å². The molecule has 4 aromatic rings. The van der Waals surface area contributed by atoms with E-state index in [-0.39, 0.29) is 34.4 Å². The van der Waals surface area contributed by atoms with Gasteiger partial charge in [-0.3, -0.25) is 0 Å². The third-order valence-electron chi connectivity index (χ3n) is 3.76. The molecule has 4 rings (SSSR count). The minimum Gasteiger partial charge on any atom is -1.00 e. The maximum absolute atomic E-state index is 2.28. The minimum absolute atomic E-state index is 0.